The van der Waals surface area contributed by atoms with Crippen LogP contribution in [0.5, 0.6) is 0 Å². The van der Waals surface area contributed by atoms with Gasteiger partial charge in [0.15, 0.2) is 0 Å². The number of nitrogens with one attached hydrogen (secondary N) is 1. The number of amides is 1. The van der Waals surface area contributed by atoms with Gasteiger partial charge >= 0.3 is 0 Å². The van der Waals surface area contributed by atoms with E-state index in [0.29, 0.717) is 6.54 Å². The first-order chi connectivity index (χ1) is 15.1. The molecule has 1 aromatic carbocycles. The predicted molar refractivity (Wildman–Crippen MR) is 127 cm³/mol. The van der Waals surface area contributed by atoms with Crippen LogP contribution in [0.2, 0.25) is 0 Å². The minimum atomic E-state index is 0.140. The molecule has 0 radical (unpaired) electrons. The molecular formula is C23H30N6OS. The number of hydrogen-bond donors (Lipinski definition) is 1. The van der Waals surface area contributed by atoms with Crippen molar-refractivity contribution in [2.24, 2.45) is 0 Å². The Balaban J connectivity index is 1.39. The van der Waals surface area contributed by atoms with E-state index in [4.69, 9.17) is 9.97 Å². The van der Waals surface area contributed by atoms with E-state index in [1.807, 2.05) is 40.6 Å². The zero-order valence-corrected chi connectivity index (χ0v) is 19.1. The number of carbonyl (C=O) groups excluding carboxylic acids is 1. The summed E-state index contributed by atoms with van der Waals surface area (Å²) >= 11 is 1.51. The first-order valence-corrected chi connectivity index (χ1v) is 11.7. The summed E-state index contributed by atoms with van der Waals surface area (Å²) in [6, 6.07) is 12.0. The van der Waals surface area contributed by atoms with Crippen molar-refractivity contribution >= 4 is 34.0 Å². The van der Waals surface area contributed by atoms with Crippen molar-refractivity contribution in [1.29, 1.82) is 0 Å². The molecule has 31 heavy (non-hydrogen) atoms. The topological polar surface area (TPSA) is 64.6 Å². The smallest absolute Gasteiger partial charge is 0.264 e. The van der Waals surface area contributed by atoms with Crippen LogP contribution >= 0.6 is 11.3 Å². The Kier molecular flexibility index (Phi) is 7.11. The summed E-state index contributed by atoms with van der Waals surface area (Å²) in [5, 5.41) is 6.52. The highest BCUT2D eigenvalue weighted by Crippen LogP contribution is 2.21. The SMILES string of the molecule is CN(C)CCCNc1nc(CN2CCN(C(=O)c3cccs3)CC2)nc2ccccc12. The Labute approximate surface area is 187 Å². The molecule has 1 aliphatic rings. The second-order valence-electron chi connectivity index (χ2n) is 8.13. The molecule has 1 aliphatic heterocycles. The van der Waals surface area contributed by atoms with E-state index in [9.17, 15) is 4.79 Å². The Morgan fingerprint density at radius 3 is 2.65 bits per heavy atom. The lowest BCUT2D eigenvalue weighted by molar-refractivity contribution is 0.0630. The fourth-order valence-electron chi connectivity index (χ4n) is 3.80. The monoisotopic (exact) mass is 438 g/mol. The molecule has 1 saturated heterocycles. The van der Waals surface area contributed by atoms with Gasteiger partial charge in [-0.15, -0.1) is 11.3 Å². The molecule has 1 amide bonds. The number of para-hydroxylation sites is 1. The molecule has 164 valence electrons. The Morgan fingerprint density at radius 2 is 1.90 bits per heavy atom. The van der Waals surface area contributed by atoms with Crippen molar-refractivity contribution < 1.29 is 4.79 Å². The van der Waals surface area contributed by atoms with E-state index in [0.717, 1.165) is 73.1 Å². The average Bonchev–Trinajstić information content (AvgIpc) is 3.31. The molecule has 0 unspecified atom stereocenters. The van der Waals surface area contributed by atoms with E-state index in [1.165, 1.54) is 11.3 Å². The summed E-state index contributed by atoms with van der Waals surface area (Å²) in [6.45, 7) is 5.75. The molecule has 0 saturated carbocycles. The summed E-state index contributed by atoms with van der Waals surface area (Å²) in [7, 11) is 4.18. The quantitative estimate of drug-likeness (QED) is 0.546. The normalized spacial score (nSPS) is 15.0. The number of carbonyl (C=O) groups is 1. The maximum atomic E-state index is 12.6. The number of benzene rings is 1. The van der Waals surface area contributed by atoms with E-state index < -0.39 is 0 Å². The molecule has 1 N–H and O–H groups in total. The highest BCUT2D eigenvalue weighted by Gasteiger charge is 2.23. The third-order valence-electron chi connectivity index (χ3n) is 5.48. The lowest BCUT2D eigenvalue weighted by Gasteiger charge is -2.34. The van der Waals surface area contributed by atoms with Gasteiger partial charge in [0.05, 0.1) is 16.9 Å². The lowest BCUT2D eigenvalue weighted by Crippen LogP contribution is -2.48. The van der Waals surface area contributed by atoms with Crippen molar-refractivity contribution in [3.05, 3.63) is 52.5 Å². The van der Waals surface area contributed by atoms with Crippen molar-refractivity contribution in [2.75, 3.05) is 58.7 Å². The molecule has 2 aromatic heterocycles. The minimum absolute atomic E-state index is 0.140. The molecule has 4 rings (SSSR count). The largest absolute Gasteiger partial charge is 0.369 e. The fourth-order valence-corrected chi connectivity index (χ4v) is 4.49. The number of rotatable bonds is 8. The summed E-state index contributed by atoms with van der Waals surface area (Å²) in [5.41, 5.74) is 0.967. The van der Waals surface area contributed by atoms with Gasteiger partial charge in [-0.3, -0.25) is 9.69 Å². The van der Waals surface area contributed by atoms with E-state index in [-0.39, 0.29) is 5.91 Å². The zero-order valence-electron chi connectivity index (χ0n) is 18.3. The molecule has 0 bridgehead atoms. The fraction of sp³-hybridized carbons (Fsp3) is 0.435. The minimum Gasteiger partial charge on any atom is -0.369 e. The number of anilines is 1. The standard InChI is InChI=1S/C23H30N6OS/c1-27(2)11-6-10-24-22-18-7-3-4-8-19(18)25-21(26-22)17-28-12-14-29(15-13-28)23(30)20-9-5-16-31-20/h3-5,7-9,16H,6,10-15,17H2,1-2H3,(H,24,25,26). The molecule has 0 spiro atoms. The molecule has 3 aromatic rings. The van der Waals surface area contributed by atoms with Gasteiger partial charge in [0.1, 0.15) is 11.6 Å². The first-order valence-electron chi connectivity index (χ1n) is 10.8. The van der Waals surface area contributed by atoms with Crippen LogP contribution in [0.3, 0.4) is 0 Å². The van der Waals surface area contributed by atoms with Crippen LogP contribution in [0.1, 0.15) is 21.9 Å². The van der Waals surface area contributed by atoms with Crippen LogP contribution in [0.15, 0.2) is 41.8 Å². The second kappa shape index (κ2) is 10.2. The zero-order chi connectivity index (χ0) is 21.6. The number of thiophene rings is 1. The summed E-state index contributed by atoms with van der Waals surface area (Å²) < 4.78 is 0. The van der Waals surface area contributed by atoms with Crippen LogP contribution in [-0.2, 0) is 6.54 Å². The van der Waals surface area contributed by atoms with Gasteiger partial charge in [0, 0.05) is 38.1 Å². The van der Waals surface area contributed by atoms with Crippen molar-refractivity contribution in [3.8, 4) is 0 Å². The van der Waals surface area contributed by atoms with Gasteiger partial charge in [0.2, 0.25) is 0 Å². The summed E-state index contributed by atoms with van der Waals surface area (Å²) in [4.78, 5) is 29.5. The van der Waals surface area contributed by atoms with Crippen molar-refractivity contribution in [2.45, 2.75) is 13.0 Å². The van der Waals surface area contributed by atoms with E-state index in [1.54, 1.807) is 0 Å². The van der Waals surface area contributed by atoms with Crippen molar-refractivity contribution in [1.82, 2.24) is 24.7 Å². The van der Waals surface area contributed by atoms with Gasteiger partial charge in [-0.2, -0.15) is 0 Å². The highest BCUT2D eigenvalue weighted by molar-refractivity contribution is 7.12. The van der Waals surface area contributed by atoms with Gasteiger partial charge in [0.25, 0.3) is 5.91 Å². The molecule has 1 fully saturated rings. The van der Waals surface area contributed by atoms with Gasteiger partial charge < -0.3 is 15.1 Å². The molecule has 0 atom stereocenters. The molecular weight excluding hydrogens is 408 g/mol. The van der Waals surface area contributed by atoms with Crippen LogP contribution in [0, 0.1) is 0 Å². The van der Waals surface area contributed by atoms with Crippen LogP contribution < -0.4 is 5.32 Å². The predicted octanol–water partition coefficient (Wildman–Crippen LogP) is 3.01. The number of nitrogens with zero attached hydrogens (tertiary/aromatic N) is 5. The Hall–Kier alpha value is -2.55. The average molecular weight is 439 g/mol. The number of piperazine rings is 1. The van der Waals surface area contributed by atoms with Gasteiger partial charge in [-0.1, -0.05) is 18.2 Å². The Bertz CT molecular complexity index is 998. The Morgan fingerprint density at radius 1 is 1.10 bits per heavy atom. The number of hydrogen-bond acceptors (Lipinski definition) is 7. The summed E-state index contributed by atoms with van der Waals surface area (Å²) in [5.74, 6) is 1.87. The number of fused-ring (bicyclic) bond motifs is 1. The number of aromatic nitrogens is 2. The highest BCUT2D eigenvalue weighted by atomic mass is 32.1. The molecule has 0 aliphatic carbocycles. The second-order valence-corrected chi connectivity index (χ2v) is 9.08. The summed E-state index contributed by atoms with van der Waals surface area (Å²) in [6.07, 6.45) is 1.06. The molecule has 3 heterocycles. The maximum Gasteiger partial charge on any atom is 0.264 e. The molecule has 7 nitrogen and oxygen atoms in total. The van der Waals surface area contributed by atoms with E-state index >= 15 is 0 Å². The molecule has 8 heteroatoms. The van der Waals surface area contributed by atoms with Crippen LogP contribution in [-0.4, -0.2) is 83.9 Å². The third-order valence-corrected chi connectivity index (χ3v) is 6.34. The maximum absolute atomic E-state index is 12.6. The third kappa shape index (κ3) is 5.58. The van der Waals surface area contributed by atoms with Crippen LogP contribution in [0.25, 0.3) is 10.9 Å². The van der Waals surface area contributed by atoms with Crippen molar-refractivity contribution in [3.63, 3.8) is 0 Å². The van der Waals surface area contributed by atoms with Gasteiger partial charge in [-0.05, 0) is 50.6 Å². The van der Waals surface area contributed by atoms with E-state index in [2.05, 4.69) is 35.3 Å². The first kappa shape index (κ1) is 21.7. The lowest BCUT2D eigenvalue weighted by atomic mass is 10.2. The van der Waals surface area contributed by atoms with Crippen LogP contribution in [0.4, 0.5) is 5.82 Å². The van der Waals surface area contributed by atoms with Gasteiger partial charge in [-0.25, -0.2) is 9.97 Å².